The van der Waals surface area contributed by atoms with Gasteiger partial charge in [-0.25, -0.2) is 0 Å². The van der Waals surface area contributed by atoms with Crippen LogP contribution in [0.15, 0.2) is 23.0 Å². The molecule has 29 heavy (non-hydrogen) atoms. The molecule has 2 rings (SSSR count). The highest BCUT2D eigenvalue weighted by Gasteiger charge is 2.12. The topological polar surface area (TPSA) is 115 Å². The molecule has 0 saturated heterocycles. The molecule has 9 nitrogen and oxygen atoms in total. The van der Waals surface area contributed by atoms with Gasteiger partial charge >= 0.3 is 0 Å². The molecule has 0 aliphatic rings. The first kappa shape index (κ1) is 22.4. The summed E-state index contributed by atoms with van der Waals surface area (Å²) >= 11 is 0. The van der Waals surface area contributed by atoms with E-state index in [1.807, 2.05) is 13.8 Å². The lowest BCUT2D eigenvalue weighted by atomic mass is 10.2. The Morgan fingerprint density at radius 2 is 2.00 bits per heavy atom. The molecular weight excluding hydrogens is 376 g/mol. The van der Waals surface area contributed by atoms with Crippen LogP contribution in [0.2, 0.25) is 0 Å². The van der Waals surface area contributed by atoms with Crippen molar-refractivity contribution in [2.24, 2.45) is 0 Å². The summed E-state index contributed by atoms with van der Waals surface area (Å²) in [5, 5.41) is 10.9. The number of ether oxygens (including phenoxy) is 3. The first-order valence-electron chi connectivity index (χ1n) is 9.51. The third-order valence-corrected chi connectivity index (χ3v) is 4.00. The van der Waals surface area contributed by atoms with Crippen LogP contribution in [0, 0.1) is 0 Å². The molecule has 0 bridgehead atoms. The molecule has 2 N–H and O–H groups in total. The molecule has 0 atom stereocenters. The van der Waals surface area contributed by atoms with E-state index in [2.05, 4.69) is 20.5 Å². The SMILES string of the molecule is COCCCNC(=O)CCc1nnc(-c2ccc(OC(C)C)c(OC)c2)[nH]c1=O. The molecule has 0 radical (unpaired) electrons. The van der Waals surface area contributed by atoms with E-state index in [1.165, 1.54) is 0 Å². The number of rotatable bonds is 11. The van der Waals surface area contributed by atoms with Crippen LogP contribution >= 0.6 is 0 Å². The van der Waals surface area contributed by atoms with E-state index in [0.717, 1.165) is 6.42 Å². The Morgan fingerprint density at radius 3 is 2.66 bits per heavy atom. The average molecular weight is 404 g/mol. The first-order chi connectivity index (χ1) is 13.9. The van der Waals surface area contributed by atoms with Crippen LogP contribution in [0.25, 0.3) is 11.4 Å². The predicted octanol–water partition coefficient (Wildman–Crippen LogP) is 1.71. The monoisotopic (exact) mass is 404 g/mol. The van der Waals surface area contributed by atoms with E-state index in [4.69, 9.17) is 14.2 Å². The molecule has 0 saturated carbocycles. The van der Waals surface area contributed by atoms with E-state index in [-0.39, 0.29) is 36.1 Å². The van der Waals surface area contributed by atoms with E-state index in [1.54, 1.807) is 32.4 Å². The van der Waals surface area contributed by atoms with E-state index in [0.29, 0.717) is 36.0 Å². The Kier molecular flexibility index (Phi) is 8.60. The molecule has 0 aliphatic heterocycles. The second-order valence-electron chi connectivity index (χ2n) is 6.68. The lowest BCUT2D eigenvalue weighted by Crippen LogP contribution is -2.27. The summed E-state index contributed by atoms with van der Waals surface area (Å²) < 4.78 is 16.0. The maximum atomic E-state index is 12.3. The van der Waals surface area contributed by atoms with Crippen LogP contribution in [0.4, 0.5) is 0 Å². The summed E-state index contributed by atoms with van der Waals surface area (Å²) in [4.78, 5) is 26.9. The molecule has 0 aliphatic carbocycles. The number of hydrogen-bond acceptors (Lipinski definition) is 7. The van der Waals surface area contributed by atoms with Gasteiger partial charge in [-0.05, 0) is 38.5 Å². The third-order valence-electron chi connectivity index (χ3n) is 4.00. The lowest BCUT2D eigenvalue weighted by Gasteiger charge is -2.14. The summed E-state index contributed by atoms with van der Waals surface area (Å²) in [5.74, 6) is 1.32. The molecule has 0 unspecified atom stereocenters. The van der Waals surface area contributed by atoms with Gasteiger partial charge in [0.15, 0.2) is 17.3 Å². The molecule has 1 aromatic heterocycles. The maximum Gasteiger partial charge on any atom is 0.273 e. The molecule has 158 valence electrons. The van der Waals surface area contributed by atoms with Crippen molar-refractivity contribution in [2.45, 2.75) is 39.2 Å². The fourth-order valence-corrected chi connectivity index (χ4v) is 2.58. The smallest absolute Gasteiger partial charge is 0.273 e. The minimum Gasteiger partial charge on any atom is -0.493 e. The summed E-state index contributed by atoms with van der Waals surface area (Å²) in [7, 11) is 3.16. The fraction of sp³-hybridized carbons (Fsp3) is 0.500. The Bertz CT molecular complexity index is 866. The van der Waals surface area contributed by atoms with Gasteiger partial charge in [0.1, 0.15) is 5.69 Å². The number of carbonyl (C=O) groups excluding carboxylic acids is 1. The fourth-order valence-electron chi connectivity index (χ4n) is 2.58. The average Bonchev–Trinajstić information content (AvgIpc) is 2.70. The molecule has 0 fully saturated rings. The molecule has 1 amide bonds. The number of aromatic nitrogens is 3. The minimum atomic E-state index is -0.372. The van der Waals surface area contributed by atoms with Gasteiger partial charge in [-0.1, -0.05) is 0 Å². The van der Waals surface area contributed by atoms with Crippen molar-refractivity contribution in [3.63, 3.8) is 0 Å². The van der Waals surface area contributed by atoms with Crippen LogP contribution in [0.5, 0.6) is 11.5 Å². The zero-order chi connectivity index (χ0) is 21.2. The number of H-pyrrole nitrogens is 1. The highest BCUT2D eigenvalue weighted by molar-refractivity contribution is 5.76. The quantitative estimate of drug-likeness (QED) is 0.548. The Morgan fingerprint density at radius 1 is 1.21 bits per heavy atom. The van der Waals surface area contributed by atoms with Gasteiger partial charge in [0.05, 0.1) is 13.2 Å². The number of nitrogens with zero attached hydrogens (tertiary/aromatic N) is 2. The molecular formula is C20H28N4O5. The summed E-state index contributed by atoms with van der Waals surface area (Å²) in [6.07, 6.45) is 1.12. The van der Waals surface area contributed by atoms with Crippen molar-refractivity contribution in [3.8, 4) is 22.9 Å². The minimum absolute atomic E-state index is 0.00538. The summed E-state index contributed by atoms with van der Waals surface area (Å²) in [5.41, 5.74) is 0.487. The van der Waals surface area contributed by atoms with Gasteiger partial charge in [-0.2, -0.15) is 0 Å². The molecule has 0 spiro atoms. The number of amides is 1. The molecule has 2 aromatic rings. The van der Waals surface area contributed by atoms with E-state index >= 15 is 0 Å². The Hall–Kier alpha value is -2.94. The number of methoxy groups -OCH3 is 2. The predicted molar refractivity (Wildman–Crippen MR) is 108 cm³/mol. The van der Waals surface area contributed by atoms with Crippen molar-refractivity contribution in [3.05, 3.63) is 34.2 Å². The van der Waals surface area contributed by atoms with Crippen molar-refractivity contribution < 1.29 is 19.0 Å². The Labute approximate surface area is 169 Å². The van der Waals surface area contributed by atoms with Crippen LogP contribution < -0.4 is 20.3 Å². The lowest BCUT2D eigenvalue weighted by molar-refractivity contribution is -0.121. The van der Waals surface area contributed by atoms with Crippen LogP contribution in [0.1, 0.15) is 32.4 Å². The van der Waals surface area contributed by atoms with E-state index < -0.39 is 0 Å². The van der Waals surface area contributed by atoms with Crippen molar-refractivity contribution >= 4 is 5.91 Å². The van der Waals surface area contributed by atoms with Crippen LogP contribution in [-0.2, 0) is 16.0 Å². The molecule has 1 aromatic carbocycles. The van der Waals surface area contributed by atoms with Crippen LogP contribution in [-0.4, -0.2) is 54.6 Å². The number of nitrogens with one attached hydrogen (secondary N) is 2. The Balaban J connectivity index is 2.04. The zero-order valence-corrected chi connectivity index (χ0v) is 17.3. The number of carbonyl (C=O) groups is 1. The normalized spacial score (nSPS) is 10.8. The van der Waals surface area contributed by atoms with Crippen molar-refractivity contribution in [1.82, 2.24) is 20.5 Å². The summed E-state index contributed by atoms with van der Waals surface area (Å²) in [6, 6.07) is 5.26. The van der Waals surface area contributed by atoms with Gasteiger partial charge in [0, 0.05) is 38.7 Å². The van der Waals surface area contributed by atoms with Gasteiger partial charge in [-0.3, -0.25) is 9.59 Å². The maximum absolute atomic E-state index is 12.3. The van der Waals surface area contributed by atoms with Crippen LogP contribution in [0.3, 0.4) is 0 Å². The largest absolute Gasteiger partial charge is 0.493 e. The number of hydrogen-bond donors (Lipinski definition) is 2. The second kappa shape index (κ2) is 11.2. The zero-order valence-electron chi connectivity index (χ0n) is 17.3. The van der Waals surface area contributed by atoms with Gasteiger partial charge in [0.25, 0.3) is 5.56 Å². The standard InChI is InChI=1S/C20H28N4O5/c1-13(2)29-16-8-6-14(12-17(16)28-4)19-22-20(26)15(23-24-19)7-9-18(25)21-10-5-11-27-3/h6,8,12-13H,5,7,9-11H2,1-4H3,(H,21,25)(H,22,24,26). The van der Waals surface area contributed by atoms with Gasteiger partial charge in [-0.15, -0.1) is 10.2 Å². The van der Waals surface area contributed by atoms with Gasteiger partial charge in [0.2, 0.25) is 5.91 Å². The molecule has 9 heteroatoms. The van der Waals surface area contributed by atoms with E-state index in [9.17, 15) is 9.59 Å². The third kappa shape index (κ3) is 6.86. The first-order valence-corrected chi connectivity index (χ1v) is 9.51. The highest BCUT2D eigenvalue weighted by atomic mass is 16.5. The molecule has 1 heterocycles. The highest BCUT2D eigenvalue weighted by Crippen LogP contribution is 2.31. The second-order valence-corrected chi connectivity index (χ2v) is 6.68. The van der Waals surface area contributed by atoms with Crippen molar-refractivity contribution in [1.29, 1.82) is 0 Å². The van der Waals surface area contributed by atoms with Crippen molar-refractivity contribution in [2.75, 3.05) is 27.4 Å². The summed E-state index contributed by atoms with van der Waals surface area (Å²) in [6.45, 7) is 4.97. The van der Waals surface area contributed by atoms with Gasteiger partial charge < -0.3 is 24.5 Å². The number of aryl methyl sites for hydroxylation is 1. The number of benzene rings is 1. The number of aromatic amines is 1.